The highest BCUT2D eigenvalue weighted by Crippen LogP contribution is 2.31. The van der Waals surface area contributed by atoms with Gasteiger partial charge in [-0.2, -0.15) is 8.42 Å². The molecule has 0 aromatic rings. The number of nitrogens with one attached hydrogen (secondary N) is 2. The monoisotopic (exact) mass is 573 g/mol. The van der Waals surface area contributed by atoms with Gasteiger partial charge >= 0.3 is 10.4 Å². The van der Waals surface area contributed by atoms with Crippen molar-refractivity contribution in [1.29, 1.82) is 0 Å². The molecule has 0 bridgehead atoms. The molecule has 0 radical (unpaired) electrons. The number of aliphatic hydroxyl groups is 3. The van der Waals surface area contributed by atoms with E-state index in [1.54, 1.807) is 14.0 Å². The smallest absolute Gasteiger partial charge is 0.394 e. The molecular weight excluding hydrogens is 530 g/mol. The Bertz CT molecular complexity index is 872. The van der Waals surface area contributed by atoms with Crippen LogP contribution < -0.4 is 27.8 Å². The van der Waals surface area contributed by atoms with Crippen molar-refractivity contribution in [2.24, 2.45) is 17.2 Å². The Morgan fingerprint density at radius 1 is 1.13 bits per heavy atom. The quantitative estimate of drug-likeness (QED) is 0.124. The van der Waals surface area contributed by atoms with E-state index in [-0.39, 0.29) is 19.2 Å². The first-order valence-corrected chi connectivity index (χ1v) is 13.7. The molecule has 0 aromatic heterocycles. The molecule has 13 N–H and O–H groups in total. The highest BCUT2D eigenvalue weighted by molar-refractivity contribution is 7.79. The summed E-state index contributed by atoms with van der Waals surface area (Å²) >= 11 is 0. The molecule has 2 aliphatic heterocycles. The molecule has 3 aliphatic rings. The molecule has 0 aromatic carbocycles. The Kier molecular flexibility index (Phi) is 12.3. The number of aliphatic hydroxyl groups excluding tert-OH is 2. The SMILES string of the molecule is CCNC1CC(N)C(OC2OC(CN)=CCC2N)C(O)C1OC1OC[C@](C)(O)C(NC)C1O.O=S(=O)(O)O. The largest absolute Gasteiger partial charge is 0.467 e. The topological polar surface area (TPSA) is 274 Å². The Balaban J connectivity index is 0.000000926. The molecule has 1 saturated carbocycles. The molecule has 1 saturated heterocycles. The van der Waals surface area contributed by atoms with Crippen LogP contribution in [0.25, 0.3) is 0 Å². The predicted octanol–water partition coefficient (Wildman–Crippen LogP) is -3.85. The van der Waals surface area contributed by atoms with Crippen LogP contribution in [0, 0.1) is 0 Å². The third-order valence-corrected chi connectivity index (χ3v) is 6.64. The maximum atomic E-state index is 11.3. The van der Waals surface area contributed by atoms with Gasteiger partial charge in [-0.15, -0.1) is 0 Å². The van der Waals surface area contributed by atoms with Gasteiger partial charge in [-0.1, -0.05) is 6.92 Å². The summed E-state index contributed by atoms with van der Waals surface area (Å²) in [4.78, 5) is 0. The van der Waals surface area contributed by atoms with Gasteiger partial charge in [-0.3, -0.25) is 9.11 Å². The molecular formula is C21H43N5O11S. The minimum absolute atomic E-state index is 0.0483. The van der Waals surface area contributed by atoms with Crippen molar-refractivity contribution in [2.45, 2.75) is 93.5 Å². The van der Waals surface area contributed by atoms with E-state index >= 15 is 0 Å². The molecule has 2 fully saturated rings. The van der Waals surface area contributed by atoms with E-state index in [1.807, 2.05) is 13.0 Å². The predicted molar refractivity (Wildman–Crippen MR) is 134 cm³/mol. The van der Waals surface area contributed by atoms with Gasteiger partial charge in [-0.25, -0.2) is 0 Å². The lowest BCUT2D eigenvalue weighted by Crippen LogP contribution is -2.69. The fourth-order valence-corrected chi connectivity index (χ4v) is 4.86. The Morgan fingerprint density at radius 2 is 1.74 bits per heavy atom. The average Bonchev–Trinajstić information content (AvgIpc) is 2.80. The van der Waals surface area contributed by atoms with Gasteiger partial charge in [0.2, 0.25) is 6.29 Å². The Labute approximate surface area is 222 Å². The molecule has 11 atom stereocenters. The van der Waals surface area contributed by atoms with Crippen LogP contribution in [0.4, 0.5) is 0 Å². The number of hydrogen-bond donors (Lipinski definition) is 10. The summed E-state index contributed by atoms with van der Waals surface area (Å²) in [6.07, 6.45) is -3.05. The first kappa shape index (κ1) is 33.2. The van der Waals surface area contributed by atoms with Crippen LogP contribution in [0.2, 0.25) is 0 Å². The minimum atomic E-state index is -4.67. The van der Waals surface area contributed by atoms with E-state index in [1.165, 1.54) is 0 Å². The van der Waals surface area contributed by atoms with Gasteiger partial charge in [0.1, 0.15) is 35.8 Å². The van der Waals surface area contributed by atoms with Gasteiger partial charge in [0.05, 0.1) is 25.2 Å². The summed E-state index contributed by atoms with van der Waals surface area (Å²) < 4.78 is 55.1. The molecule has 0 amide bonds. The minimum Gasteiger partial charge on any atom is -0.467 e. The molecule has 224 valence electrons. The fraction of sp³-hybridized carbons (Fsp3) is 0.905. The molecule has 16 nitrogen and oxygen atoms in total. The Morgan fingerprint density at radius 3 is 2.29 bits per heavy atom. The van der Waals surface area contributed by atoms with Crippen LogP contribution in [0.1, 0.15) is 26.7 Å². The first-order chi connectivity index (χ1) is 17.6. The normalized spacial score (nSPS) is 41.9. The Hall–Kier alpha value is -1.03. The highest BCUT2D eigenvalue weighted by Gasteiger charge is 2.51. The third-order valence-electron chi connectivity index (χ3n) is 6.64. The van der Waals surface area contributed by atoms with Crippen molar-refractivity contribution in [3.8, 4) is 0 Å². The summed E-state index contributed by atoms with van der Waals surface area (Å²) in [6.45, 7) is 4.30. The molecule has 17 heteroatoms. The standard InChI is InChI=1S/C21H41N5O7.H2O4S/c1-4-26-13-7-12(24)16(32-19-11(23)6-5-10(8-22)31-19)14(27)17(13)33-20-15(28)18(25-3)21(2,29)9-30-20;1-5(2,3)4/h5,11-20,25-29H,4,6-9,22-24H2,1-3H3;(H2,1,2,3,4)/t11?,12?,13?,14?,15?,16?,17?,18?,19?,20?,21-;/m0./s1. The lowest BCUT2D eigenvalue weighted by atomic mass is 9.83. The van der Waals surface area contributed by atoms with E-state index < -0.39 is 71.1 Å². The van der Waals surface area contributed by atoms with Gasteiger partial charge in [0.25, 0.3) is 0 Å². The van der Waals surface area contributed by atoms with E-state index in [9.17, 15) is 15.3 Å². The zero-order chi connectivity index (χ0) is 28.8. The van der Waals surface area contributed by atoms with Crippen LogP contribution in [-0.2, 0) is 29.3 Å². The first-order valence-electron chi connectivity index (χ1n) is 12.3. The molecule has 0 spiro atoms. The highest BCUT2D eigenvalue weighted by atomic mass is 32.3. The molecule has 2 heterocycles. The van der Waals surface area contributed by atoms with Gasteiger partial charge in [0.15, 0.2) is 6.29 Å². The molecule has 38 heavy (non-hydrogen) atoms. The second-order valence-corrected chi connectivity index (χ2v) is 10.7. The maximum absolute atomic E-state index is 11.3. The lowest BCUT2D eigenvalue weighted by Gasteiger charge is -2.49. The van der Waals surface area contributed by atoms with Gasteiger partial charge in [-0.05, 0) is 39.4 Å². The van der Waals surface area contributed by atoms with Crippen molar-refractivity contribution in [3.63, 3.8) is 0 Å². The van der Waals surface area contributed by atoms with Crippen LogP contribution in [-0.4, -0.2) is 126 Å². The van der Waals surface area contributed by atoms with Crippen molar-refractivity contribution in [1.82, 2.24) is 10.6 Å². The molecule has 3 rings (SSSR count). The fourth-order valence-electron chi connectivity index (χ4n) is 4.86. The van der Waals surface area contributed by atoms with Gasteiger partial charge in [0, 0.05) is 12.1 Å². The number of rotatable bonds is 8. The lowest BCUT2D eigenvalue weighted by molar-refractivity contribution is -0.304. The van der Waals surface area contributed by atoms with E-state index in [2.05, 4.69) is 10.6 Å². The van der Waals surface area contributed by atoms with Crippen LogP contribution in [0.5, 0.6) is 0 Å². The van der Waals surface area contributed by atoms with Crippen LogP contribution in [0.15, 0.2) is 11.8 Å². The van der Waals surface area contributed by atoms with Crippen molar-refractivity contribution in [2.75, 3.05) is 26.7 Å². The number of nitrogens with two attached hydrogens (primary N) is 3. The van der Waals surface area contributed by atoms with E-state index in [0.29, 0.717) is 25.1 Å². The second-order valence-electron chi connectivity index (χ2n) is 9.76. The zero-order valence-electron chi connectivity index (χ0n) is 21.7. The molecule has 10 unspecified atom stereocenters. The summed E-state index contributed by atoms with van der Waals surface area (Å²) in [5, 5.41) is 38.8. The van der Waals surface area contributed by atoms with Gasteiger partial charge < -0.3 is 62.1 Å². The maximum Gasteiger partial charge on any atom is 0.394 e. The van der Waals surface area contributed by atoms with E-state index in [0.717, 1.165) is 0 Å². The number of ether oxygens (including phenoxy) is 4. The summed E-state index contributed by atoms with van der Waals surface area (Å²) in [5.41, 5.74) is 16.9. The van der Waals surface area contributed by atoms with Crippen LogP contribution in [0.3, 0.4) is 0 Å². The van der Waals surface area contributed by atoms with Crippen molar-refractivity contribution >= 4 is 10.4 Å². The van der Waals surface area contributed by atoms with Crippen LogP contribution >= 0.6 is 0 Å². The number of likely N-dealkylation sites (N-methyl/N-ethyl adjacent to an activating group) is 2. The van der Waals surface area contributed by atoms with Crippen molar-refractivity contribution in [3.05, 3.63) is 11.8 Å². The van der Waals surface area contributed by atoms with Crippen molar-refractivity contribution < 1.29 is 51.8 Å². The summed E-state index contributed by atoms with van der Waals surface area (Å²) in [6, 6.07) is -1.95. The number of hydrogen-bond acceptors (Lipinski definition) is 14. The molecule has 1 aliphatic carbocycles. The average molecular weight is 574 g/mol. The van der Waals surface area contributed by atoms with E-state index in [4.69, 9.17) is 53.7 Å². The summed E-state index contributed by atoms with van der Waals surface area (Å²) in [5.74, 6) is 0.572. The second kappa shape index (κ2) is 14.0. The third kappa shape index (κ3) is 9.00. The summed E-state index contributed by atoms with van der Waals surface area (Å²) in [7, 11) is -3.03. The zero-order valence-corrected chi connectivity index (χ0v) is 22.5.